The van der Waals surface area contributed by atoms with Gasteiger partial charge in [0, 0.05) is 40.0 Å². The van der Waals surface area contributed by atoms with E-state index < -0.39 is 54.4 Å². The van der Waals surface area contributed by atoms with E-state index in [4.69, 9.17) is 14.6 Å². The van der Waals surface area contributed by atoms with E-state index in [9.17, 15) is 28.8 Å². The molecule has 1 aromatic rings. The molecule has 2 aliphatic rings. The molecule has 6 amide bonds. The summed E-state index contributed by atoms with van der Waals surface area (Å²) in [5.41, 5.74) is 1.19. The number of rotatable bonds is 24. The van der Waals surface area contributed by atoms with Crippen LogP contribution in [0, 0.1) is 29.6 Å². The zero-order valence-corrected chi connectivity index (χ0v) is 38.7. The summed E-state index contributed by atoms with van der Waals surface area (Å²) in [5, 5.41) is 20.2. The smallest absolute Gasteiger partial charge is 0.409 e. The zero-order chi connectivity index (χ0) is 45.7. The predicted octanol–water partition coefficient (Wildman–Crippen LogP) is 4.32. The number of ether oxygens (including phenoxy) is 2. The number of hydrogen-bond acceptors (Lipinski definition) is 9. The molecule has 1 aliphatic carbocycles. The van der Waals surface area contributed by atoms with Crippen molar-refractivity contribution >= 4 is 41.3 Å². The van der Waals surface area contributed by atoms with Gasteiger partial charge in [0.2, 0.25) is 29.5 Å². The molecule has 61 heavy (non-hydrogen) atoms. The standard InChI is InChI=1S/C45H75N7O9/c1-13-28(6)39(51(10)44(57)37(26(2)3)49-43(56)38(27(4)5)50(8)9)35(60-11)24-36(53)52-22-14-15-34(52)40(61-12)29(7)41(54)48-33(23-30-16-17-30)42(55)46-25-31-18-20-32(21-19-31)47-45(58)59/h18-21,26-30,33-35,37-40,47H,13-17,22-25H2,1-12H3,(H,46,55)(H,48,54)(H,49,56)(H,58,59)/t28-,29+,33?,34?,35+,37?,38?,39-,40+/m0/s1. The summed E-state index contributed by atoms with van der Waals surface area (Å²) in [6, 6.07) is 3.82. The Bertz CT molecular complexity index is 1610. The molecule has 1 heterocycles. The molecule has 5 N–H and O–H groups in total. The van der Waals surface area contributed by atoms with Crippen molar-refractivity contribution in [3.63, 3.8) is 0 Å². The number of carbonyl (C=O) groups excluding carboxylic acids is 5. The number of anilines is 1. The highest BCUT2D eigenvalue weighted by molar-refractivity contribution is 5.91. The van der Waals surface area contributed by atoms with Crippen LogP contribution < -0.4 is 21.3 Å². The van der Waals surface area contributed by atoms with Crippen LogP contribution in [0.3, 0.4) is 0 Å². The molecule has 1 saturated heterocycles. The van der Waals surface area contributed by atoms with E-state index in [-0.39, 0.29) is 60.3 Å². The fourth-order valence-corrected chi connectivity index (χ4v) is 8.77. The normalized spacial score (nSPS) is 19.3. The summed E-state index contributed by atoms with van der Waals surface area (Å²) in [6.45, 7) is 14.3. The van der Waals surface area contributed by atoms with Crippen molar-refractivity contribution in [3.8, 4) is 0 Å². The first-order chi connectivity index (χ1) is 28.7. The summed E-state index contributed by atoms with van der Waals surface area (Å²) in [6.07, 6.45) is 2.05. The van der Waals surface area contributed by atoms with Crippen LogP contribution in [0.5, 0.6) is 0 Å². The van der Waals surface area contributed by atoms with Gasteiger partial charge in [-0.15, -0.1) is 0 Å². The Morgan fingerprint density at radius 2 is 1.49 bits per heavy atom. The molecule has 1 saturated carbocycles. The van der Waals surface area contributed by atoms with E-state index >= 15 is 0 Å². The van der Waals surface area contributed by atoms with Gasteiger partial charge in [0.15, 0.2) is 0 Å². The Balaban J connectivity index is 1.74. The van der Waals surface area contributed by atoms with Crippen LogP contribution in [0.1, 0.15) is 99.0 Å². The molecule has 0 radical (unpaired) electrons. The number of amides is 6. The quantitative estimate of drug-likeness (QED) is 0.0998. The second kappa shape index (κ2) is 23.8. The SMILES string of the molecule is CC[C@H](C)[C@@H]([C@@H](CC(=O)N1CCCC1[C@H](OC)[C@@H](C)C(=O)NC(CC1CC1)C(=O)NCc1ccc(NC(=O)O)cc1)OC)N(C)C(=O)C(NC(=O)C(C(C)C)N(C)C)C(C)C. The third-order valence-corrected chi connectivity index (χ3v) is 12.5. The minimum atomic E-state index is -1.17. The van der Waals surface area contributed by atoms with Crippen molar-refractivity contribution in [3.05, 3.63) is 29.8 Å². The molecule has 9 atom stereocenters. The Kier molecular flexibility index (Phi) is 19.9. The maximum Gasteiger partial charge on any atom is 0.409 e. The van der Waals surface area contributed by atoms with E-state index in [0.717, 1.165) is 31.2 Å². The van der Waals surface area contributed by atoms with Crippen molar-refractivity contribution in [1.82, 2.24) is 30.7 Å². The van der Waals surface area contributed by atoms with Gasteiger partial charge in [-0.1, -0.05) is 79.9 Å². The van der Waals surface area contributed by atoms with Gasteiger partial charge < -0.3 is 40.3 Å². The summed E-state index contributed by atoms with van der Waals surface area (Å²) >= 11 is 0. The fourth-order valence-electron chi connectivity index (χ4n) is 8.77. The summed E-state index contributed by atoms with van der Waals surface area (Å²) in [5.74, 6) is -1.87. The molecule has 0 spiro atoms. The Morgan fingerprint density at radius 3 is 2.00 bits per heavy atom. The number of nitrogens with zero attached hydrogens (tertiary/aromatic N) is 3. The van der Waals surface area contributed by atoms with Gasteiger partial charge in [-0.2, -0.15) is 0 Å². The molecule has 0 bridgehead atoms. The van der Waals surface area contributed by atoms with E-state index in [1.807, 2.05) is 60.5 Å². The summed E-state index contributed by atoms with van der Waals surface area (Å²) < 4.78 is 12.0. The number of nitrogens with one attached hydrogen (secondary N) is 4. The van der Waals surface area contributed by atoms with Crippen molar-refractivity contribution < 1.29 is 43.3 Å². The van der Waals surface area contributed by atoms with Gasteiger partial charge in [-0.25, -0.2) is 4.79 Å². The van der Waals surface area contributed by atoms with Gasteiger partial charge in [-0.05, 0) is 74.7 Å². The first-order valence-electron chi connectivity index (χ1n) is 22.0. The molecule has 0 aromatic heterocycles. The number of carbonyl (C=O) groups is 6. The maximum atomic E-state index is 14.3. The Labute approximate surface area is 363 Å². The number of benzene rings is 1. The lowest BCUT2D eigenvalue weighted by atomic mass is 9.89. The van der Waals surface area contributed by atoms with Gasteiger partial charge >= 0.3 is 6.09 Å². The van der Waals surface area contributed by atoms with Gasteiger partial charge in [0.25, 0.3) is 0 Å². The van der Waals surface area contributed by atoms with Gasteiger partial charge in [0.1, 0.15) is 12.1 Å². The molecule has 3 rings (SSSR count). The van der Waals surface area contributed by atoms with Crippen molar-refractivity contribution in [2.75, 3.05) is 47.2 Å². The third kappa shape index (κ3) is 14.4. The van der Waals surface area contributed by atoms with Crippen molar-refractivity contribution in [2.45, 2.75) is 142 Å². The molecule has 16 nitrogen and oxygen atoms in total. The average Bonchev–Trinajstić information content (AvgIpc) is 3.90. The molecule has 1 aromatic carbocycles. The monoisotopic (exact) mass is 858 g/mol. The molecule has 4 unspecified atom stereocenters. The van der Waals surface area contributed by atoms with Crippen LogP contribution in [-0.2, 0) is 40.0 Å². The highest BCUT2D eigenvalue weighted by Crippen LogP contribution is 2.34. The third-order valence-electron chi connectivity index (χ3n) is 12.5. The fraction of sp³-hybridized carbons (Fsp3) is 0.733. The lowest BCUT2D eigenvalue weighted by molar-refractivity contribution is -0.148. The number of hydrogen-bond donors (Lipinski definition) is 5. The first-order valence-corrected chi connectivity index (χ1v) is 22.0. The lowest BCUT2D eigenvalue weighted by Crippen LogP contribution is -2.59. The highest BCUT2D eigenvalue weighted by atomic mass is 16.5. The number of likely N-dealkylation sites (N-methyl/N-ethyl adjacent to an activating group) is 2. The number of methoxy groups -OCH3 is 2. The Hall–Kier alpha value is -4.28. The van der Waals surface area contributed by atoms with Crippen LogP contribution in [0.25, 0.3) is 0 Å². The van der Waals surface area contributed by atoms with Crippen LogP contribution in [0.4, 0.5) is 10.5 Å². The average molecular weight is 858 g/mol. The topological polar surface area (TPSA) is 199 Å². The molecular formula is C45H75N7O9. The second-order valence-corrected chi connectivity index (χ2v) is 18.1. The molecule has 2 fully saturated rings. The minimum absolute atomic E-state index is 0.00612. The van der Waals surface area contributed by atoms with Crippen molar-refractivity contribution in [2.24, 2.45) is 29.6 Å². The van der Waals surface area contributed by atoms with Gasteiger partial charge in [0.05, 0.1) is 42.7 Å². The van der Waals surface area contributed by atoms with Crippen LogP contribution in [0.2, 0.25) is 0 Å². The largest absolute Gasteiger partial charge is 0.465 e. The van der Waals surface area contributed by atoms with Crippen LogP contribution >= 0.6 is 0 Å². The molecular weight excluding hydrogens is 783 g/mol. The first kappa shape index (κ1) is 51.1. The lowest BCUT2D eigenvalue weighted by Gasteiger charge is -2.41. The number of carboxylic acid groups (broad SMARTS) is 1. The van der Waals surface area contributed by atoms with Gasteiger partial charge in [-0.3, -0.25) is 34.2 Å². The van der Waals surface area contributed by atoms with Crippen LogP contribution in [0.15, 0.2) is 24.3 Å². The minimum Gasteiger partial charge on any atom is -0.465 e. The van der Waals surface area contributed by atoms with E-state index in [1.165, 1.54) is 7.11 Å². The molecule has 344 valence electrons. The van der Waals surface area contributed by atoms with E-state index in [1.54, 1.807) is 55.1 Å². The Morgan fingerprint density at radius 1 is 0.852 bits per heavy atom. The maximum absolute atomic E-state index is 14.3. The molecule has 1 aliphatic heterocycles. The predicted molar refractivity (Wildman–Crippen MR) is 234 cm³/mol. The molecule has 16 heteroatoms. The number of likely N-dealkylation sites (tertiary alicyclic amines) is 1. The van der Waals surface area contributed by atoms with E-state index in [0.29, 0.717) is 31.0 Å². The van der Waals surface area contributed by atoms with E-state index in [2.05, 4.69) is 21.3 Å². The summed E-state index contributed by atoms with van der Waals surface area (Å²) in [4.78, 5) is 85.7. The second-order valence-electron chi connectivity index (χ2n) is 18.1. The van der Waals surface area contributed by atoms with Crippen LogP contribution in [-0.4, -0.2) is 140 Å². The van der Waals surface area contributed by atoms with Crippen molar-refractivity contribution in [1.29, 1.82) is 0 Å². The zero-order valence-electron chi connectivity index (χ0n) is 38.7. The summed E-state index contributed by atoms with van der Waals surface area (Å²) in [7, 11) is 8.50. The highest BCUT2D eigenvalue weighted by Gasteiger charge is 2.44.